The van der Waals surface area contributed by atoms with E-state index in [2.05, 4.69) is 0 Å². The van der Waals surface area contributed by atoms with Crippen molar-refractivity contribution in [1.29, 1.82) is 0 Å². The Balaban J connectivity index is 2.42. The lowest BCUT2D eigenvalue weighted by molar-refractivity contribution is -0.160. The molecule has 1 N–H and O–H groups in total. The summed E-state index contributed by atoms with van der Waals surface area (Å²) < 4.78 is 0. The predicted octanol–water partition coefficient (Wildman–Crippen LogP) is 0.368. The molecule has 88 valence electrons. The van der Waals surface area contributed by atoms with Crippen LogP contribution in [0.1, 0.15) is 26.7 Å². The lowest BCUT2D eigenvalue weighted by Crippen LogP contribution is -2.56. The van der Waals surface area contributed by atoms with Gasteiger partial charge in [-0.25, -0.2) is 0 Å². The number of fused-ring (bicyclic) bond motifs is 2. The van der Waals surface area contributed by atoms with E-state index >= 15 is 0 Å². The molecule has 16 heavy (non-hydrogen) atoms. The summed E-state index contributed by atoms with van der Waals surface area (Å²) in [5.74, 6) is -1.86. The Hall–Kier alpha value is -1.03. The normalized spacial score (nSPS) is 43.7. The maximum absolute atomic E-state index is 11.9. The molecule has 2 aliphatic rings. The van der Waals surface area contributed by atoms with Gasteiger partial charge in [0.2, 0.25) is 11.6 Å². The summed E-state index contributed by atoms with van der Waals surface area (Å²) in [6.07, 6.45) is 0.877. The van der Waals surface area contributed by atoms with E-state index < -0.39 is 22.9 Å². The number of Topliss-reactive ketones (excluding diaryl/α,β-unsaturated/α-hetero) is 3. The van der Waals surface area contributed by atoms with Crippen LogP contribution in [0.4, 0.5) is 0 Å². The van der Waals surface area contributed by atoms with Crippen molar-refractivity contribution in [3.63, 3.8) is 0 Å². The van der Waals surface area contributed by atoms with Crippen LogP contribution in [0.5, 0.6) is 0 Å². The highest BCUT2D eigenvalue weighted by atomic mass is 16.3. The largest absolute Gasteiger partial charge is 0.395 e. The van der Waals surface area contributed by atoms with E-state index in [1.807, 2.05) is 0 Å². The molecule has 0 amide bonds. The predicted molar refractivity (Wildman–Crippen MR) is 55.6 cm³/mol. The minimum Gasteiger partial charge on any atom is -0.395 e. The van der Waals surface area contributed by atoms with Crippen LogP contribution in [-0.4, -0.2) is 29.1 Å². The highest BCUT2D eigenvalue weighted by Crippen LogP contribution is 2.47. The quantitative estimate of drug-likeness (QED) is 0.653. The van der Waals surface area contributed by atoms with Crippen LogP contribution >= 0.6 is 0 Å². The van der Waals surface area contributed by atoms with Crippen molar-refractivity contribution in [2.45, 2.75) is 26.7 Å². The van der Waals surface area contributed by atoms with Crippen molar-refractivity contribution >= 4 is 17.3 Å². The number of carbonyl (C=O) groups excluding carboxylic acids is 3. The second kappa shape index (κ2) is 3.48. The van der Waals surface area contributed by atoms with Gasteiger partial charge < -0.3 is 5.11 Å². The summed E-state index contributed by atoms with van der Waals surface area (Å²) in [5.41, 5.74) is -1.04. The average molecular weight is 224 g/mol. The third-order valence-electron chi connectivity index (χ3n) is 4.41. The van der Waals surface area contributed by atoms with Gasteiger partial charge in [-0.2, -0.15) is 0 Å². The number of aliphatic hydroxyl groups excluding tert-OH is 1. The fraction of sp³-hybridized carbons (Fsp3) is 0.750. The van der Waals surface area contributed by atoms with Gasteiger partial charge in [-0.3, -0.25) is 14.4 Å². The van der Waals surface area contributed by atoms with E-state index in [4.69, 9.17) is 0 Å². The van der Waals surface area contributed by atoms with Crippen LogP contribution in [0.15, 0.2) is 0 Å². The molecule has 2 saturated carbocycles. The van der Waals surface area contributed by atoms with E-state index in [0.29, 0.717) is 12.8 Å². The van der Waals surface area contributed by atoms with Gasteiger partial charge in [0.25, 0.3) is 0 Å². The first kappa shape index (κ1) is 11.5. The van der Waals surface area contributed by atoms with Crippen molar-refractivity contribution in [2.24, 2.45) is 23.2 Å². The summed E-state index contributed by atoms with van der Waals surface area (Å²) in [5, 5.41) is 9.32. The summed E-state index contributed by atoms with van der Waals surface area (Å²) in [7, 11) is 0. The SMILES string of the molecule is C[C@@H]1C(=O)C[C@H]2C[C@@H]1C(=O)C(=O)[C@]2(C)CO. The second-order valence-corrected chi connectivity index (χ2v) is 5.27. The molecule has 0 radical (unpaired) electrons. The molecule has 2 fully saturated rings. The Bertz CT molecular complexity index is 373. The Morgan fingerprint density at radius 3 is 2.56 bits per heavy atom. The van der Waals surface area contributed by atoms with E-state index in [-0.39, 0.29) is 24.2 Å². The number of rotatable bonds is 1. The zero-order valence-electron chi connectivity index (χ0n) is 9.53. The molecule has 2 rings (SSSR count). The molecule has 0 aromatic rings. The highest BCUT2D eigenvalue weighted by molar-refractivity contribution is 6.41. The summed E-state index contributed by atoms with van der Waals surface area (Å²) in [6.45, 7) is 2.96. The zero-order valence-corrected chi connectivity index (χ0v) is 9.53. The molecular formula is C12H16O4. The van der Waals surface area contributed by atoms with Crippen LogP contribution in [0.3, 0.4) is 0 Å². The summed E-state index contributed by atoms with van der Waals surface area (Å²) in [4.78, 5) is 35.5. The van der Waals surface area contributed by atoms with Crippen molar-refractivity contribution in [3.8, 4) is 0 Å². The summed E-state index contributed by atoms with van der Waals surface area (Å²) in [6, 6.07) is 0. The molecular weight excluding hydrogens is 208 g/mol. The van der Waals surface area contributed by atoms with Crippen molar-refractivity contribution < 1.29 is 19.5 Å². The molecule has 4 heteroatoms. The van der Waals surface area contributed by atoms with Crippen molar-refractivity contribution in [1.82, 2.24) is 0 Å². The van der Waals surface area contributed by atoms with Gasteiger partial charge in [-0.05, 0) is 19.3 Å². The van der Waals surface area contributed by atoms with Crippen LogP contribution in [0, 0.1) is 23.2 Å². The Labute approximate surface area is 94.0 Å². The lowest BCUT2D eigenvalue weighted by Gasteiger charge is -2.45. The Morgan fingerprint density at radius 2 is 2.00 bits per heavy atom. The fourth-order valence-electron chi connectivity index (χ4n) is 2.90. The summed E-state index contributed by atoms with van der Waals surface area (Å²) >= 11 is 0. The molecule has 0 aromatic heterocycles. The first-order valence-electron chi connectivity index (χ1n) is 5.64. The van der Waals surface area contributed by atoms with Crippen LogP contribution in [-0.2, 0) is 14.4 Å². The number of ketones is 3. The van der Waals surface area contributed by atoms with Crippen molar-refractivity contribution in [2.75, 3.05) is 6.61 Å². The van der Waals surface area contributed by atoms with Gasteiger partial charge in [-0.1, -0.05) is 6.92 Å². The van der Waals surface area contributed by atoms with Gasteiger partial charge in [-0.15, -0.1) is 0 Å². The molecule has 4 atom stereocenters. The molecule has 0 spiro atoms. The maximum Gasteiger partial charge on any atom is 0.207 e. The van der Waals surface area contributed by atoms with Gasteiger partial charge in [0.05, 0.1) is 12.0 Å². The van der Waals surface area contributed by atoms with Gasteiger partial charge >= 0.3 is 0 Å². The average Bonchev–Trinajstić information content (AvgIpc) is 2.28. The molecule has 0 aliphatic heterocycles. The maximum atomic E-state index is 11.9. The number of carbonyl (C=O) groups is 3. The van der Waals surface area contributed by atoms with E-state index in [9.17, 15) is 19.5 Å². The van der Waals surface area contributed by atoms with E-state index in [1.54, 1.807) is 13.8 Å². The third-order valence-corrected chi connectivity index (χ3v) is 4.41. The standard InChI is InChI=1S/C12H16O4/c1-6-8-3-7(4-9(6)14)12(2,5-13)11(16)10(8)15/h6-8,13H,3-5H2,1-2H3/t6-,7+,8-,12+/m0/s1. The molecule has 0 saturated heterocycles. The molecule has 0 unspecified atom stereocenters. The highest BCUT2D eigenvalue weighted by Gasteiger charge is 2.56. The van der Waals surface area contributed by atoms with Crippen molar-refractivity contribution in [3.05, 3.63) is 0 Å². The topological polar surface area (TPSA) is 71.4 Å². The zero-order chi connectivity index (χ0) is 12.1. The first-order chi connectivity index (χ1) is 7.41. The molecule has 2 aliphatic carbocycles. The van der Waals surface area contributed by atoms with E-state index in [1.165, 1.54) is 0 Å². The monoisotopic (exact) mass is 224 g/mol. The molecule has 2 bridgehead atoms. The lowest BCUT2D eigenvalue weighted by atomic mass is 9.55. The smallest absolute Gasteiger partial charge is 0.207 e. The van der Waals surface area contributed by atoms with Crippen LogP contribution < -0.4 is 0 Å². The van der Waals surface area contributed by atoms with Gasteiger partial charge in [0, 0.05) is 18.3 Å². The Kier molecular flexibility index (Phi) is 2.49. The van der Waals surface area contributed by atoms with E-state index in [0.717, 1.165) is 0 Å². The van der Waals surface area contributed by atoms with Crippen LogP contribution in [0.2, 0.25) is 0 Å². The number of aliphatic hydroxyl groups is 1. The molecule has 0 heterocycles. The molecule has 4 nitrogen and oxygen atoms in total. The minimum absolute atomic E-state index is 0.0433. The minimum atomic E-state index is -1.04. The molecule has 0 aromatic carbocycles. The number of hydrogen-bond acceptors (Lipinski definition) is 4. The number of hydrogen-bond donors (Lipinski definition) is 1. The Morgan fingerprint density at radius 1 is 1.38 bits per heavy atom. The van der Waals surface area contributed by atoms with Gasteiger partial charge in [0.1, 0.15) is 5.78 Å². The first-order valence-corrected chi connectivity index (χ1v) is 5.64. The van der Waals surface area contributed by atoms with Gasteiger partial charge in [0.15, 0.2) is 0 Å². The second-order valence-electron chi connectivity index (χ2n) is 5.27. The fourth-order valence-corrected chi connectivity index (χ4v) is 2.90. The third kappa shape index (κ3) is 1.29. The van der Waals surface area contributed by atoms with Crippen LogP contribution in [0.25, 0.3) is 0 Å².